The molecule has 2 aromatic carbocycles. The third kappa shape index (κ3) is 2.24. The van der Waals surface area contributed by atoms with E-state index in [2.05, 4.69) is 60.1 Å². The van der Waals surface area contributed by atoms with Crippen molar-refractivity contribution in [3.8, 4) is 23.7 Å². The maximum Gasteiger partial charge on any atom is 0.0408 e. The Labute approximate surface area is 108 Å². The van der Waals surface area contributed by atoms with Crippen LogP contribution in [-0.2, 0) is 0 Å². The quantitative estimate of drug-likeness (QED) is 0.597. The summed E-state index contributed by atoms with van der Waals surface area (Å²) < 4.78 is 0. The van der Waals surface area contributed by atoms with E-state index in [0.717, 1.165) is 36.8 Å². The number of hydrogen-bond donors (Lipinski definition) is 0. The van der Waals surface area contributed by atoms with Gasteiger partial charge in [-0.3, -0.25) is 0 Å². The lowest BCUT2D eigenvalue weighted by molar-refractivity contribution is 0.782. The van der Waals surface area contributed by atoms with Gasteiger partial charge in [-0.2, -0.15) is 0 Å². The molecule has 3 rings (SSSR count). The van der Waals surface area contributed by atoms with Crippen molar-refractivity contribution in [2.75, 3.05) is 0 Å². The topological polar surface area (TPSA) is 0 Å². The zero-order chi connectivity index (χ0) is 12.2. The third-order valence-corrected chi connectivity index (χ3v) is 3.19. The van der Waals surface area contributed by atoms with Crippen molar-refractivity contribution in [2.45, 2.75) is 25.7 Å². The second-order valence-corrected chi connectivity index (χ2v) is 4.56. The highest BCUT2D eigenvalue weighted by Crippen LogP contribution is 2.19. The lowest BCUT2D eigenvalue weighted by Crippen LogP contribution is -1.87. The molecule has 0 heterocycles. The van der Waals surface area contributed by atoms with Crippen LogP contribution in [0.25, 0.3) is 10.8 Å². The summed E-state index contributed by atoms with van der Waals surface area (Å²) in [4.78, 5) is 0. The van der Waals surface area contributed by atoms with E-state index in [-0.39, 0.29) is 0 Å². The average molecular weight is 230 g/mol. The van der Waals surface area contributed by atoms with E-state index < -0.39 is 0 Å². The molecular weight excluding hydrogens is 216 g/mol. The number of fused-ring (bicyclic) bond motifs is 2. The molecule has 1 aliphatic carbocycles. The Morgan fingerprint density at radius 3 is 1.72 bits per heavy atom. The third-order valence-electron chi connectivity index (χ3n) is 3.19. The standard InChI is InChI=1S/C18H14/c1-2-4-6-10-16-14-18-12-8-7-11-17(18)13-15(16)9-5-3-1/h7-8,11-14H,1-4H2. The Kier molecular flexibility index (Phi) is 3.03. The van der Waals surface area contributed by atoms with E-state index in [1.807, 2.05) is 0 Å². The van der Waals surface area contributed by atoms with Crippen LogP contribution >= 0.6 is 0 Å². The van der Waals surface area contributed by atoms with Crippen LogP contribution in [0.5, 0.6) is 0 Å². The van der Waals surface area contributed by atoms with Gasteiger partial charge in [0.05, 0.1) is 0 Å². The monoisotopic (exact) mass is 230 g/mol. The van der Waals surface area contributed by atoms with Crippen LogP contribution in [0, 0.1) is 23.7 Å². The SMILES string of the molecule is C1#Cc2cc3ccccc3cc2C#CCCCC1. The molecule has 0 atom stereocenters. The van der Waals surface area contributed by atoms with Gasteiger partial charge < -0.3 is 0 Å². The summed E-state index contributed by atoms with van der Waals surface area (Å²) in [7, 11) is 0. The molecule has 0 heteroatoms. The summed E-state index contributed by atoms with van der Waals surface area (Å²) in [5.41, 5.74) is 2.14. The van der Waals surface area contributed by atoms with Crippen molar-refractivity contribution in [1.29, 1.82) is 0 Å². The van der Waals surface area contributed by atoms with E-state index in [1.54, 1.807) is 0 Å². The van der Waals surface area contributed by atoms with Crippen molar-refractivity contribution in [3.63, 3.8) is 0 Å². The van der Waals surface area contributed by atoms with Gasteiger partial charge in [-0.1, -0.05) is 47.9 Å². The molecule has 2 aromatic rings. The second-order valence-electron chi connectivity index (χ2n) is 4.56. The van der Waals surface area contributed by atoms with Gasteiger partial charge in [-0.15, -0.1) is 0 Å². The van der Waals surface area contributed by atoms with Crippen molar-refractivity contribution in [3.05, 3.63) is 47.5 Å². The van der Waals surface area contributed by atoms with Gasteiger partial charge in [0.15, 0.2) is 0 Å². The predicted octanol–water partition coefficient (Wildman–Crippen LogP) is 4.12. The van der Waals surface area contributed by atoms with Gasteiger partial charge in [0.2, 0.25) is 0 Å². The highest BCUT2D eigenvalue weighted by atomic mass is 14.0. The molecule has 86 valence electrons. The molecule has 1 aliphatic rings. The molecule has 0 radical (unpaired) electrons. The Morgan fingerprint density at radius 2 is 1.22 bits per heavy atom. The first kappa shape index (κ1) is 10.9. The first-order valence-corrected chi connectivity index (χ1v) is 6.44. The van der Waals surface area contributed by atoms with E-state index in [1.165, 1.54) is 10.8 Å². The zero-order valence-electron chi connectivity index (χ0n) is 10.3. The maximum atomic E-state index is 3.27. The molecule has 0 spiro atoms. The lowest BCUT2D eigenvalue weighted by Gasteiger charge is -2.03. The summed E-state index contributed by atoms with van der Waals surface area (Å²) in [6.45, 7) is 0. The van der Waals surface area contributed by atoms with Gasteiger partial charge in [0, 0.05) is 24.0 Å². The second kappa shape index (κ2) is 4.99. The van der Waals surface area contributed by atoms with E-state index in [4.69, 9.17) is 0 Å². The first-order valence-electron chi connectivity index (χ1n) is 6.44. The van der Waals surface area contributed by atoms with Crippen LogP contribution in [-0.4, -0.2) is 0 Å². The largest absolute Gasteiger partial charge is 0.0978 e. The van der Waals surface area contributed by atoms with E-state index in [0.29, 0.717) is 0 Å². The van der Waals surface area contributed by atoms with Crippen molar-refractivity contribution < 1.29 is 0 Å². The average Bonchev–Trinajstić information content (AvgIpc) is 2.42. The van der Waals surface area contributed by atoms with E-state index >= 15 is 0 Å². The van der Waals surface area contributed by atoms with Crippen molar-refractivity contribution in [1.82, 2.24) is 0 Å². The molecule has 0 amide bonds. The number of rotatable bonds is 0. The highest BCUT2D eigenvalue weighted by molar-refractivity contribution is 5.86. The molecule has 0 N–H and O–H groups in total. The smallest absolute Gasteiger partial charge is 0.0408 e. The Hall–Kier alpha value is -2.18. The van der Waals surface area contributed by atoms with Gasteiger partial charge in [0.25, 0.3) is 0 Å². The van der Waals surface area contributed by atoms with Gasteiger partial charge in [0.1, 0.15) is 0 Å². The summed E-state index contributed by atoms with van der Waals surface area (Å²) in [5, 5.41) is 2.48. The van der Waals surface area contributed by atoms with Crippen LogP contribution in [0.4, 0.5) is 0 Å². The fourth-order valence-electron chi connectivity index (χ4n) is 2.19. The molecule has 0 aliphatic heterocycles. The number of benzene rings is 2. The fourth-order valence-corrected chi connectivity index (χ4v) is 2.19. The molecular formula is C18H14. The maximum absolute atomic E-state index is 3.27. The minimum absolute atomic E-state index is 0.980. The minimum Gasteiger partial charge on any atom is -0.0978 e. The highest BCUT2D eigenvalue weighted by Gasteiger charge is 2.01. The van der Waals surface area contributed by atoms with E-state index in [9.17, 15) is 0 Å². The van der Waals surface area contributed by atoms with Crippen molar-refractivity contribution in [2.24, 2.45) is 0 Å². The molecule has 0 aromatic heterocycles. The van der Waals surface area contributed by atoms with Gasteiger partial charge in [-0.05, 0) is 35.7 Å². The molecule has 0 unspecified atom stereocenters. The fraction of sp³-hybridized carbons (Fsp3) is 0.222. The van der Waals surface area contributed by atoms with Crippen LogP contribution in [0.15, 0.2) is 36.4 Å². The van der Waals surface area contributed by atoms with Crippen LogP contribution in [0.1, 0.15) is 36.8 Å². The molecule has 0 fully saturated rings. The normalized spacial score (nSPS) is 13.8. The Bertz CT molecular complexity index is 637. The molecule has 0 saturated heterocycles. The van der Waals surface area contributed by atoms with Crippen LogP contribution in [0.3, 0.4) is 0 Å². The minimum atomic E-state index is 0.980. The molecule has 0 saturated carbocycles. The molecule has 0 nitrogen and oxygen atoms in total. The zero-order valence-corrected chi connectivity index (χ0v) is 10.3. The number of hydrogen-bond acceptors (Lipinski definition) is 0. The Balaban J connectivity index is 2.21. The Morgan fingerprint density at radius 1 is 0.722 bits per heavy atom. The van der Waals surface area contributed by atoms with Crippen LogP contribution < -0.4 is 0 Å². The first-order chi connectivity index (χ1) is 8.93. The summed E-state index contributed by atoms with van der Waals surface area (Å²) in [5.74, 6) is 13.1. The summed E-state index contributed by atoms with van der Waals surface area (Å²) in [6, 6.07) is 12.7. The predicted molar refractivity (Wildman–Crippen MR) is 76.2 cm³/mol. The molecule has 0 bridgehead atoms. The molecule has 18 heavy (non-hydrogen) atoms. The van der Waals surface area contributed by atoms with Crippen molar-refractivity contribution >= 4 is 10.8 Å². The van der Waals surface area contributed by atoms with Gasteiger partial charge in [-0.25, -0.2) is 0 Å². The lowest BCUT2D eigenvalue weighted by atomic mass is 10.0. The summed E-state index contributed by atoms with van der Waals surface area (Å²) >= 11 is 0. The van der Waals surface area contributed by atoms with Crippen LogP contribution in [0.2, 0.25) is 0 Å². The summed E-state index contributed by atoms with van der Waals surface area (Å²) in [6.07, 6.45) is 4.27. The van der Waals surface area contributed by atoms with Gasteiger partial charge >= 0.3 is 0 Å².